The van der Waals surface area contributed by atoms with Gasteiger partial charge in [-0.2, -0.15) is 10.2 Å². The summed E-state index contributed by atoms with van der Waals surface area (Å²) in [5.41, 5.74) is 3.20. The average Bonchev–Trinajstić information content (AvgIpc) is 2.79. The lowest BCUT2D eigenvalue weighted by molar-refractivity contribution is 0.442. The first kappa shape index (κ1) is 12.5. The minimum absolute atomic E-state index is 0.164. The van der Waals surface area contributed by atoms with Crippen molar-refractivity contribution in [3.05, 3.63) is 45.4 Å². The van der Waals surface area contributed by atoms with Crippen LogP contribution in [0.25, 0.3) is 11.1 Å². The molecule has 0 amide bonds. The molecular weight excluding hydrogens is 258 g/mol. The standard InChI is InChI=1S/C13H13N5O2/c1-7-4-10(8(2)16-15-7)5-18-6-14-12-11(13(18)19)9(3)17-20-12/h4,6H,5H2,1-3H3. The summed E-state index contributed by atoms with van der Waals surface area (Å²) in [5.74, 6) is 0. The zero-order chi connectivity index (χ0) is 14.3. The van der Waals surface area contributed by atoms with Crippen molar-refractivity contribution in [2.45, 2.75) is 27.3 Å². The molecule has 0 atom stereocenters. The predicted octanol–water partition coefficient (Wildman–Crippen LogP) is 1.15. The van der Waals surface area contributed by atoms with Crippen LogP contribution in [0, 0.1) is 20.8 Å². The van der Waals surface area contributed by atoms with Crippen molar-refractivity contribution in [2.24, 2.45) is 0 Å². The van der Waals surface area contributed by atoms with E-state index in [0.29, 0.717) is 17.6 Å². The molecule has 3 rings (SSSR count). The van der Waals surface area contributed by atoms with Gasteiger partial charge >= 0.3 is 0 Å². The molecular formula is C13H13N5O2. The fourth-order valence-electron chi connectivity index (χ4n) is 2.07. The molecule has 0 radical (unpaired) electrons. The van der Waals surface area contributed by atoms with E-state index in [1.54, 1.807) is 6.92 Å². The van der Waals surface area contributed by atoms with E-state index in [4.69, 9.17) is 4.52 Å². The minimum Gasteiger partial charge on any atom is -0.335 e. The molecule has 0 aliphatic heterocycles. The van der Waals surface area contributed by atoms with Gasteiger partial charge in [0.25, 0.3) is 11.3 Å². The lowest BCUT2D eigenvalue weighted by Crippen LogP contribution is -2.21. The summed E-state index contributed by atoms with van der Waals surface area (Å²) in [6.45, 7) is 5.85. The Morgan fingerprint density at radius 2 is 2.00 bits per heavy atom. The highest BCUT2D eigenvalue weighted by atomic mass is 16.5. The fraction of sp³-hybridized carbons (Fsp3) is 0.308. The molecule has 3 aromatic heterocycles. The topological polar surface area (TPSA) is 86.7 Å². The molecule has 7 heteroatoms. The second-order valence-electron chi connectivity index (χ2n) is 4.72. The first-order valence-corrected chi connectivity index (χ1v) is 6.17. The summed E-state index contributed by atoms with van der Waals surface area (Å²) in [5, 5.41) is 12.2. The van der Waals surface area contributed by atoms with Gasteiger partial charge in [0.1, 0.15) is 11.7 Å². The third-order valence-corrected chi connectivity index (χ3v) is 3.18. The summed E-state index contributed by atoms with van der Waals surface area (Å²) in [7, 11) is 0. The van der Waals surface area contributed by atoms with Gasteiger partial charge in [-0.25, -0.2) is 4.98 Å². The molecule has 0 saturated carbocycles. The maximum absolute atomic E-state index is 12.4. The van der Waals surface area contributed by atoms with E-state index >= 15 is 0 Å². The van der Waals surface area contributed by atoms with E-state index in [1.165, 1.54) is 10.9 Å². The van der Waals surface area contributed by atoms with Crippen molar-refractivity contribution in [2.75, 3.05) is 0 Å². The SMILES string of the molecule is Cc1cc(Cn2cnc3onc(C)c3c2=O)c(C)nn1. The van der Waals surface area contributed by atoms with Crippen LogP contribution in [0.4, 0.5) is 0 Å². The number of hydrogen-bond acceptors (Lipinski definition) is 6. The van der Waals surface area contributed by atoms with Gasteiger partial charge in [-0.05, 0) is 32.4 Å². The quantitative estimate of drug-likeness (QED) is 0.694. The zero-order valence-electron chi connectivity index (χ0n) is 11.4. The van der Waals surface area contributed by atoms with Gasteiger partial charge in [0.05, 0.1) is 23.6 Å². The molecule has 7 nitrogen and oxygen atoms in total. The Morgan fingerprint density at radius 1 is 1.20 bits per heavy atom. The first-order valence-electron chi connectivity index (χ1n) is 6.17. The number of hydrogen-bond donors (Lipinski definition) is 0. The number of rotatable bonds is 2. The molecule has 3 heterocycles. The van der Waals surface area contributed by atoms with Crippen LogP contribution >= 0.6 is 0 Å². The summed E-state index contributed by atoms with van der Waals surface area (Å²) in [6.07, 6.45) is 1.46. The van der Waals surface area contributed by atoms with Crippen molar-refractivity contribution >= 4 is 11.1 Å². The Bertz CT molecular complexity index is 850. The van der Waals surface area contributed by atoms with Gasteiger partial charge in [-0.15, -0.1) is 0 Å². The lowest BCUT2D eigenvalue weighted by Gasteiger charge is -2.07. The molecule has 3 aromatic rings. The average molecular weight is 271 g/mol. The third kappa shape index (κ3) is 1.97. The van der Waals surface area contributed by atoms with Crippen molar-refractivity contribution in [1.29, 1.82) is 0 Å². The van der Waals surface area contributed by atoms with Gasteiger partial charge < -0.3 is 4.52 Å². The number of aromatic nitrogens is 5. The van der Waals surface area contributed by atoms with E-state index in [9.17, 15) is 4.79 Å². The number of aryl methyl sites for hydroxylation is 3. The maximum atomic E-state index is 12.4. The van der Waals surface area contributed by atoms with Gasteiger partial charge in [-0.1, -0.05) is 5.16 Å². The summed E-state index contributed by atoms with van der Waals surface area (Å²) in [6, 6.07) is 1.92. The van der Waals surface area contributed by atoms with E-state index in [1.807, 2.05) is 19.9 Å². The van der Waals surface area contributed by atoms with Crippen LogP contribution in [0.3, 0.4) is 0 Å². The molecule has 20 heavy (non-hydrogen) atoms. The Balaban J connectivity index is 2.11. The van der Waals surface area contributed by atoms with E-state index < -0.39 is 0 Å². The van der Waals surface area contributed by atoms with E-state index in [2.05, 4.69) is 20.3 Å². The van der Waals surface area contributed by atoms with E-state index in [-0.39, 0.29) is 11.3 Å². The van der Waals surface area contributed by atoms with Gasteiger partial charge in [0.2, 0.25) is 0 Å². The molecule has 0 bridgehead atoms. The van der Waals surface area contributed by atoms with Gasteiger partial charge in [0.15, 0.2) is 0 Å². The molecule has 0 spiro atoms. The van der Waals surface area contributed by atoms with Gasteiger partial charge in [0, 0.05) is 0 Å². The fourth-order valence-corrected chi connectivity index (χ4v) is 2.07. The van der Waals surface area contributed by atoms with Crippen LogP contribution in [-0.2, 0) is 6.54 Å². The molecule has 0 aliphatic carbocycles. The van der Waals surface area contributed by atoms with Crippen LogP contribution in [0.1, 0.15) is 22.6 Å². The zero-order valence-corrected chi connectivity index (χ0v) is 11.4. The highest BCUT2D eigenvalue weighted by Crippen LogP contribution is 2.11. The summed E-state index contributed by atoms with van der Waals surface area (Å²) >= 11 is 0. The smallest absolute Gasteiger partial charge is 0.266 e. The molecule has 0 unspecified atom stereocenters. The Hall–Kier alpha value is -2.57. The highest BCUT2D eigenvalue weighted by Gasteiger charge is 2.13. The van der Waals surface area contributed by atoms with Crippen LogP contribution in [0.2, 0.25) is 0 Å². The summed E-state index contributed by atoms with van der Waals surface area (Å²) < 4.78 is 6.50. The minimum atomic E-state index is -0.164. The Kier molecular flexibility index (Phi) is 2.81. The second-order valence-corrected chi connectivity index (χ2v) is 4.72. The largest absolute Gasteiger partial charge is 0.335 e. The highest BCUT2D eigenvalue weighted by molar-refractivity contribution is 5.73. The lowest BCUT2D eigenvalue weighted by atomic mass is 10.2. The van der Waals surface area contributed by atoms with Crippen molar-refractivity contribution in [1.82, 2.24) is 24.9 Å². The predicted molar refractivity (Wildman–Crippen MR) is 71.4 cm³/mol. The van der Waals surface area contributed by atoms with Gasteiger partial charge in [-0.3, -0.25) is 9.36 Å². The number of nitrogens with zero attached hydrogens (tertiary/aromatic N) is 5. The van der Waals surface area contributed by atoms with E-state index in [0.717, 1.165) is 17.0 Å². The van der Waals surface area contributed by atoms with Crippen molar-refractivity contribution in [3.63, 3.8) is 0 Å². The van der Waals surface area contributed by atoms with Crippen molar-refractivity contribution in [3.8, 4) is 0 Å². The molecule has 102 valence electrons. The van der Waals surface area contributed by atoms with Crippen LogP contribution in [0.15, 0.2) is 21.7 Å². The van der Waals surface area contributed by atoms with Crippen LogP contribution < -0.4 is 5.56 Å². The maximum Gasteiger partial charge on any atom is 0.266 e. The summed E-state index contributed by atoms with van der Waals surface area (Å²) in [4.78, 5) is 16.5. The monoisotopic (exact) mass is 271 g/mol. The Morgan fingerprint density at radius 3 is 2.80 bits per heavy atom. The molecule has 0 aliphatic rings. The normalized spacial score (nSPS) is 11.2. The first-order chi connectivity index (χ1) is 9.56. The molecule has 0 N–H and O–H groups in total. The van der Waals surface area contributed by atoms with Crippen LogP contribution in [0.5, 0.6) is 0 Å². The number of fused-ring (bicyclic) bond motifs is 1. The van der Waals surface area contributed by atoms with Crippen molar-refractivity contribution < 1.29 is 4.52 Å². The molecule has 0 aromatic carbocycles. The third-order valence-electron chi connectivity index (χ3n) is 3.18. The van der Waals surface area contributed by atoms with Crippen LogP contribution in [-0.4, -0.2) is 24.9 Å². The Labute approximate surface area is 114 Å². The molecule has 0 fully saturated rings. The molecule has 0 saturated heterocycles. The second kappa shape index (κ2) is 4.52.